The first kappa shape index (κ1) is 15.0. The largest absolute Gasteiger partial charge is 0.376 e. The molecular formula is C14H21BrN2O. The van der Waals surface area contributed by atoms with E-state index in [4.69, 9.17) is 0 Å². The Morgan fingerprint density at radius 1 is 1.22 bits per heavy atom. The molecule has 0 aliphatic heterocycles. The number of rotatable bonds is 5. The van der Waals surface area contributed by atoms with Gasteiger partial charge in [-0.3, -0.25) is 4.79 Å². The minimum Gasteiger partial charge on any atom is -0.376 e. The summed E-state index contributed by atoms with van der Waals surface area (Å²) in [7, 11) is 0. The van der Waals surface area contributed by atoms with Crippen molar-refractivity contribution < 1.29 is 4.79 Å². The van der Waals surface area contributed by atoms with Crippen LogP contribution in [0, 0.1) is 5.41 Å². The zero-order chi connectivity index (χ0) is 13.6. The molecule has 1 rings (SSSR count). The predicted octanol–water partition coefficient (Wildman–Crippen LogP) is 3.41. The van der Waals surface area contributed by atoms with Gasteiger partial charge in [0.05, 0.1) is 6.54 Å². The lowest BCUT2D eigenvalue weighted by molar-refractivity contribution is -0.119. The highest BCUT2D eigenvalue weighted by Gasteiger charge is 2.10. The van der Waals surface area contributed by atoms with Gasteiger partial charge in [-0.15, -0.1) is 0 Å². The molecule has 0 saturated carbocycles. The lowest BCUT2D eigenvalue weighted by Crippen LogP contribution is -2.32. The minimum atomic E-state index is 0.0298. The molecule has 18 heavy (non-hydrogen) atoms. The second kappa shape index (κ2) is 6.78. The molecule has 4 heteroatoms. The summed E-state index contributed by atoms with van der Waals surface area (Å²) < 4.78 is 1.03. The van der Waals surface area contributed by atoms with Crippen LogP contribution in [0.15, 0.2) is 28.7 Å². The van der Waals surface area contributed by atoms with E-state index in [1.807, 2.05) is 24.3 Å². The first-order valence-corrected chi connectivity index (χ1v) is 6.92. The van der Waals surface area contributed by atoms with Gasteiger partial charge in [-0.2, -0.15) is 0 Å². The van der Waals surface area contributed by atoms with Crippen molar-refractivity contribution in [1.82, 2.24) is 5.32 Å². The smallest absolute Gasteiger partial charge is 0.239 e. The Morgan fingerprint density at radius 2 is 1.83 bits per heavy atom. The molecule has 0 aliphatic rings. The average Bonchev–Trinajstić information content (AvgIpc) is 2.26. The maximum atomic E-state index is 11.6. The Morgan fingerprint density at radius 3 is 2.39 bits per heavy atom. The van der Waals surface area contributed by atoms with Crippen LogP contribution in [0.4, 0.5) is 5.69 Å². The fourth-order valence-corrected chi connectivity index (χ4v) is 1.65. The third-order valence-corrected chi connectivity index (χ3v) is 3.02. The number of amides is 1. The molecule has 0 fully saturated rings. The molecule has 0 saturated heterocycles. The lowest BCUT2D eigenvalue weighted by Gasteiger charge is -2.18. The molecule has 0 heterocycles. The SMILES string of the molecule is CC(C)(C)CCNC(=O)CNc1ccc(Br)cc1. The summed E-state index contributed by atoms with van der Waals surface area (Å²) in [5, 5.41) is 6.00. The van der Waals surface area contributed by atoms with Crippen molar-refractivity contribution in [3.05, 3.63) is 28.7 Å². The fraction of sp³-hybridized carbons (Fsp3) is 0.500. The maximum Gasteiger partial charge on any atom is 0.239 e. The summed E-state index contributed by atoms with van der Waals surface area (Å²) in [5.41, 5.74) is 1.20. The van der Waals surface area contributed by atoms with Crippen molar-refractivity contribution in [1.29, 1.82) is 0 Å². The quantitative estimate of drug-likeness (QED) is 0.874. The second-order valence-corrected chi connectivity index (χ2v) is 6.44. The summed E-state index contributed by atoms with van der Waals surface area (Å²) >= 11 is 3.37. The standard InChI is InChI=1S/C14H21BrN2O/c1-14(2,3)8-9-16-13(18)10-17-12-6-4-11(15)5-7-12/h4-7,17H,8-10H2,1-3H3,(H,16,18). The van der Waals surface area contributed by atoms with Crippen LogP contribution in [0.5, 0.6) is 0 Å². The van der Waals surface area contributed by atoms with Crippen LogP contribution in [0.25, 0.3) is 0 Å². The summed E-state index contributed by atoms with van der Waals surface area (Å²) in [5.74, 6) is 0.0298. The van der Waals surface area contributed by atoms with Crippen LogP contribution in [0.3, 0.4) is 0 Å². The van der Waals surface area contributed by atoms with E-state index in [-0.39, 0.29) is 11.3 Å². The molecule has 100 valence electrons. The van der Waals surface area contributed by atoms with E-state index >= 15 is 0 Å². The van der Waals surface area contributed by atoms with Crippen LogP contribution in [0.1, 0.15) is 27.2 Å². The number of carbonyl (C=O) groups excluding carboxylic acids is 1. The zero-order valence-electron chi connectivity index (χ0n) is 11.2. The number of hydrogen-bond acceptors (Lipinski definition) is 2. The van der Waals surface area contributed by atoms with E-state index in [1.165, 1.54) is 0 Å². The Hall–Kier alpha value is -1.03. The highest BCUT2D eigenvalue weighted by molar-refractivity contribution is 9.10. The summed E-state index contributed by atoms with van der Waals surface area (Å²) in [6.07, 6.45) is 0.983. The molecule has 0 unspecified atom stereocenters. The first-order chi connectivity index (χ1) is 8.37. The van der Waals surface area contributed by atoms with Gasteiger partial charge >= 0.3 is 0 Å². The van der Waals surface area contributed by atoms with Crippen LogP contribution < -0.4 is 10.6 Å². The molecule has 1 amide bonds. The molecule has 0 spiro atoms. The van der Waals surface area contributed by atoms with Gasteiger partial charge in [0.1, 0.15) is 0 Å². The van der Waals surface area contributed by atoms with Crippen molar-refractivity contribution in [3.63, 3.8) is 0 Å². The Bertz CT molecular complexity index is 382. The van der Waals surface area contributed by atoms with Crippen LogP contribution in [-0.4, -0.2) is 19.0 Å². The second-order valence-electron chi connectivity index (χ2n) is 5.52. The fourth-order valence-electron chi connectivity index (χ4n) is 1.39. The Kier molecular flexibility index (Phi) is 5.66. The van der Waals surface area contributed by atoms with Crippen molar-refractivity contribution >= 4 is 27.5 Å². The Labute approximate surface area is 117 Å². The number of halogens is 1. The van der Waals surface area contributed by atoms with Gasteiger partial charge < -0.3 is 10.6 Å². The molecule has 1 aromatic rings. The molecule has 3 nitrogen and oxygen atoms in total. The van der Waals surface area contributed by atoms with E-state index < -0.39 is 0 Å². The summed E-state index contributed by atoms with van der Waals surface area (Å²) in [4.78, 5) is 11.6. The molecule has 2 N–H and O–H groups in total. The number of anilines is 1. The number of nitrogens with one attached hydrogen (secondary N) is 2. The number of carbonyl (C=O) groups is 1. The van der Waals surface area contributed by atoms with Crippen LogP contribution in [-0.2, 0) is 4.79 Å². The van der Waals surface area contributed by atoms with Crippen molar-refractivity contribution in [2.45, 2.75) is 27.2 Å². The molecule has 0 atom stereocenters. The highest BCUT2D eigenvalue weighted by Crippen LogP contribution is 2.17. The average molecular weight is 313 g/mol. The number of hydrogen-bond donors (Lipinski definition) is 2. The van der Waals surface area contributed by atoms with Gasteiger partial charge in [0.25, 0.3) is 0 Å². The third-order valence-electron chi connectivity index (χ3n) is 2.49. The van der Waals surface area contributed by atoms with E-state index in [0.29, 0.717) is 6.54 Å². The van der Waals surface area contributed by atoms with E-state index in [2.05, 4.69) is 47.3 Å². The summed E-state index contributed by atoms with van der Waals surface area (Å²) in [6.45, 7) is 7.54. The number of benzene rings is 1. The Balaban J connectivity index is 2.23. The van der Waals surface area contributed by atoms with Gasteiger partial charge in [0.2, 0.25) is 5.91 Å². The van der Waals surface area contributed by atoms with Crippen molar-refractivity contribution in [2.75, 3.05) is 18.4 Å². The normalized spacial score (nSPS) is 11.1. The monoisotopic (exact) mass is 312 g/mol. The van der Waals surface area contributed by atoms with E-state index in [0.717, 1.165) is 23.1 Å². The highest BCUT2D eigenvalue weighted by atomic mass is 79.9. The zero-order valence-corrected chi connectivity index (χ0v) is 12.8. The molecule has 1 aromatic carbocycles. The molecular weight excluding hydrogens is 292 g/mol. The molecule has 0 radical (unpaired) electrons. The molecule has 0 aromatic heterocycles. The van der Waals surface area contributed by atoms with Crippen molar-refractivity contribution in [2.24, 2.45) is 5.41 Å². The summed E-state index contributed by atoms with van der Waals surface area (Å²) in [6, 6.07) is 7.76. The third kappa shape index (κ3) is 6.64. The van der Waals surface area contributed by atoms with Gasteiger partial charge in [-0.1, -0.05) is 36.7 Å². The van der Waals surface area contributed by atoms with Gasteiger partial charge in [0.15, 0.2) is 0 Å². The lowest BCUT2D eigenvalue weighted by atomic mass is 9.92. The molecule has 0 aliphatic carbocycles. The van der Waals surface area contributed by atoms with Crippen molar-refractivity contribution in [3.8, 4) is 0 Å². The van der Waals surface area contributed by atoms with Gasteiger partial charge in [0, 0.05) is 16.7 Å². The maximum absolute atomic E-state index is 11.6. The van der Waals surface area contributed by atoms with Crippen LogP contribution in [0.2, 0.25) is 0 Å². The first-order valence-electron chi connectivity index (χ1n) is 6.13. The molecule has 0 bridgehead atoms. The van der Waals surface area contributed by atoms with E-state index in [9.17, 15) is 4.79 Å². The topological polar surface area (TPSA) is 41.1 Å². The van der Waals surface area contributed by atoms with Crippen LogP contribution >= 0.6 is 15.9 Å². The van der Waals surface area contributed by atoms with E-state index in [1.54, 1.807) is 0 Å². The minimum absolute atomic E-state index is 0.0298. The van der Waals surface area contributed by atoms with Gasteiger partial charge in [-0.05, 0) is 36.1 Å². The predicted molar refractivity (Wildman–Crippen MR) is 79.7 cm³/mol. The van der Waals surface area contributed by atoms with Gasteiger partial charge in [-0.25, -0.2) is 0 Å².